The number of ether oxygens (including phenoxy) is 1. The second-order valence-electron chi connectivity index (χ2n) is 3.99. The van der Waals surface area contributed by atoms with E-state index in [4.69, 9.17) is 10.5 Å². The Hall–Kier alpha value is -0.120. The van der Waals surface area contributed by atoms with E-state index in [1.807, 2.05) is 0 Å². The van der Waals surface area contributed by atoms with Gasteiger partial charge in [0, 0.05) is 18.7 Å². The summed E-state index contributed by atoms with van der Waals surface area (Å²) in [5.74, 6) is 0.944. The maximum atomic E-state index is 5.90. The van der Waals surface area contributed by atoms with Crippen LogP contribution in [0.1, 0.15) is 19.3 Å². The van der Waals surface area contributed by atoms with Gasteiger partial charge in [-0.15, -0.1) is 0 Å². The molecule has 0 aromatic carbocycles. The lowest BCUT2D eigenvalue weighted by molar-refractivity contribution is 0.0617. The van der Waals surface area contributed by atoms with Crippen LogP contribution in [0.15, 0.2) is 0 Å². The molecule has 3 N–H and O–H groups in total. The lowest BCUT2D eigenvalue weighted by Crippen LogP contribution is -2.51. The van der Waals surface area contributed by atoms with E-state index in [0.29, 0.717) is 6.04 Å². The zero-order chi connectivity index (χ0) is 8.39. The molecule has 2 fully saturated rings. The van der Waals surface area contributed by atoms with Gasteiger partial charge in [0.05, 0.1) is 6.61 Å². The van der Waals surface area contributed by atoms with Crippen molar-refractivity contribution < 1.29 is 4.74 Å². The number of hydrogen-bond acceptors (Lipinski definition) is 3. The van der Waals surface area contributed by atoms with Crippen LogP contribution in [-0.4, -0.2) is 31.8 Å². The summed E-state index contributed by atoms with van der Waals surface area (Å²) in [4.78, 5) is 0. The fraction of sp³-hybridized carbons (Fsp3) is 1.00. The van der Waals surface area contributed by atoms with Crippen molar-refractivity contribution in [3.63, 3.8) is 0 Å². The maximum Gasteiger partial charge on any atom is 0.0632 e. The fourth-order valence-electron chi connectivity index (χ4n) is 1.65. The highest BCUT2D eigenvalue weighted by atomic mass is 16.5. The summed E-state index contributed by atoms with van der Waals surface area (Å²) in [5.41, 5.74) is 5.90. The highest BCUT2D eigenvalue weighted by molar-refractivity contribution is 4.85. The summed E-state index contributed by atoms with van der Waals surface area (Å²) in [6.07, 6.45) is 3.89. The van der Waals surface area contributed by atoms with E-state index in [0.717, 1.165) is 25.6 Å². The van der Waals surface area contributed by atoms with Crippen LogP contribution >= 0.6 is 0 Å². The lowest BCUT2D eigenvalue weighted by Gasteiger charge is -2.29. The first-order valence-electron chi connectivity index (χ1n) is 4.93. The first kappa shape index (κ1) is 8.48. The van der Waals surface area contributed by atoms with Crippen molar-refractivity contribution in [2.45, 2.75) is 31.3 Å². The van der Waals surface area contributed by atoms with Crippen molar-refractivity contribution in [2.24, 2.45) is 11.7 Å². The molecule has 1 saturated heterocycles. The van der Waals surface area contributed by atoms with Gasteiger partial charge in [-0.3, -0.25) is 0 Å². The standard InChI is InChI=1S/C9H18N2O/c10-8-6-12-4-3-9(8)11-5-7-1-2-7/h7-9,11H,1-6,10H2/t8-,9-/m1/s1. The Balaban J connectivity index is 1.68. The van der Waals surface area contributed by atoms with Gasteiger partial charge in [0.15, 0.2) is 0 Å². The Morgan fingerprint density at radius 2 is 2.17 bits per heavy atom. The van der Waals surface area contributed by atoms with Gasteiger partial charge in [-0.05, 0) is 31.7 Å². The van der Waals surface area contributed by atoms with E-state index in [2.05, 4.69) is 5.32 Å². The molecule has 1 aliphatic heterocycles. The Bertz CT molecular complexity index is 147. The molecule has 0 unspecified atom stereocenters. The van der Waals surface area contributed by atoms with Crippen LogP contribution in [0.2, 0.25) is 0 Å². The quantitative estimate of drug-likeness (QED) is 0.631. The monoisotopic (exact) mass is 170 g/mol. The minimum atomic E-state index is 0.206. The zero-order valence-corrected chi connectivity index (χ0v) is 7.46. The second kappa shape index (κ2) is 3.73. The van der Waals surface area contributed by atoms with Gasteiger partial charge >= 0.3 is 0 Å². The first-order valence-corrected chi connectivity index (χ1v) is 4.93. The van der Waals surface area contributed by atoms with E-state index in [-0.39, 0.29) is 6.04 Å². The summed E-state index contributed by atoms with van der Waals surface area (Å²) in [7, 11) is 0. The molecule has 2 aliphatic rings. The summed E-state index contributed by atoms with van der Waals surface area (Å²) in [6, 6.07) is 0.705. The predicted molar refractivity (Wildman–Crippen MR) is 47.9 cm³/mol. The molecule has 2 atom stereocenters. The molecule has 3 heteroatoms. The molecule has 12 heavy (non-hydrogen) atoms. The minimum Gasteiger partial charge on any atom is -0.380 e. The number of hydrogen-bond donors (Lipinski definition) is 2. The maximum absolute atomic E-state index is 5.90. The van der Waals surface area contributed by atoms with Crippen LogP contribution in [0.4, 0.5) is 0 Å². The van der Waals surface area contributed by atoms with Crippen LogP contribution < -0.4 is 11.1 Å². The molecule has 70 valence electrons. The summed E-state index contributed by atoms with van der Waals surface area (Å²) in [6.45, 7) is 2.76. The largest absolute Gasteiger partial charge is 0.380 e. The van der Waals surface area contributed by atoms with Crippen molar-refractivity contribution in [3.8, 4) is 0 Å². The molecule has 0 bridgehead atoms. The van der Waals surface area contributed by atoms with E-state index < -0.39 is 0 Å². The Morgan fingerprint density at radius 1 is 1.33 bits per heavy atom. The SMILES string of the molecule is N[C@@H]1COCC[C@H]1NCC1CC1. The van der Waals surface area contributed by atoms with Gasteiger partial charge in [0.25, 0.3) is 0 Å². The van der Waals surface area contributed by atoms with Crippen molar-refractivity contribution in [1.29, 1.82) is 0 Å². The average molecular weight is 170 g/mol. The second-order valence-corrected chi connectivity index (χ2v) is 3.99. The van der Waals surface area contributed by atoms with Crippen LogP contribution in [0, 0.1) is 5.92 Å². The van der Waals surface area contributed by atoms with Crippen LogP contribution in [0.25, 0.3) is 0 Å². The van der Waals surface area contributed by atoms with E-state index >= 15 is 0 Å². The Kier molecular flexibility index (Phi) is 2.63. The molecular formula is C9H18N2O. The highest BCUT2D eigenvalue weighted by Gasteiger charge is 2.26. The molecule has 0 radical (unpaired) electrons. The number of nitrogens with one attached hydrogen (secondary N) is 1. The van der Waals surface area contributed by atoms with E-state index in [1.165, 1.54) is 19.4 Å². The number of nitrogens with two attached hydrogens (primary N) is 1. The van der Waals surface area contributed by atoms with Crippen LogP contribution in [0.5, 0.6) is 0 Å². The predicted octanol–water partition coefficient (Wildman–Crippen LogP) is 0.102. The van der Waals surface area contributed by atoms with Crippen molar-refractivity contribution in [3.05, 3.63) is 0 Å². The Morgan fingerprint density at radius 3 is 2.83 bits per heavy atom. The molecule has 2 rings (SSSR count). The van der Waals surface area contributed by atoms with Crippen molar-refractivity contribution >= 4 is 0 Å². The van der Waals surface area contributed by atoms with Gasteiger partial charge in [-0.1, -0.05) is 0 Å². The smallest absolute Gasteiger partial charge is 0.0632 e. The third-order valence-corrected chi connectivity index (χ3v) is 2.77. The lowest BCUT2D eigenvalue weighted by atomic mass is 10.0. The van der Waals surface area contributed by atoms with E-state index in [1.54, 1.807) is 0 Å². The average Bonchev–Trinajstić information content (AvgIpc) is 2.86. The zero-order valence-electron chi connectivity index (χ0n) is 7.46. The highest BCUT2D eigenvalue weighted by Crippen LogP contribution is 2.27. The third-order valence-electron chi connectivity index (χ3n) is 2.77. The van der Waals surface area contributed by atoms with Gasteiger partial charge in [0.2, 0.25) is 0 Å². The summed E-state index contributed by atoms with van der Waals surface area (Å²) < 4.78 is 5.27. The fourth-order valence-corrected chi connectivity index (χ4v) is 1.65. The molecule has 1 aliphatic carbocycles. The van der Waals surface area contributed by atoms with Crippen molar-refractivity contribution in [1.82, 2.24) is 5.32 Å². The minimum absolute atomic E-state index is 0.206. The molecule has 1 saturated carbocycles. The molecule has 0 aromatic rings. The molecule has 3 nitrogen and oxygen atoms in total. The summed E-state index contributed by atoms with van der Waals surface area (Å²) in [5, 5.41) is 3.53. The van der Waals surface area contributed by atoms with E-state index in [9.17, 15) is 0 Å². The van der Waals surface area contributed by atoms with Crippen LogP contribution in [-0.2, 0) is 4.74 Å². The number of rotatable bonds is 3. The summed E-state index contributed by atoms with van der Waals surface area (Å²) >= 11 is 0. The molecule has 0 spiro atoms. The molecule has 1 heterocycles. The van der Waals surface area contributed by atoms with Gasteiger partial charge in [0.1, 0.15) is 0 Å². The molecule has 0 aromatic heterocycles. The van der Waals surface area contributed by atoms with Gasteiger partial charge < -0.3 is 15.8 Å². The molecule has 0 amide bonds. The normalized spacial score (nSPS) is 36.8. The Labute approximate surface area is 73.7 Å². The first-order chi connectivity index (χ1) is 5.86. The van der Waals surface area contributed by atoms with Gasteiger partial charge in [-0.25, -0.2) is 0 Å². The topological polar surface area (TPSA) is 47.3 Å². The third kappa shape index (κ3) is 2.19. The molecular weight excluding hydrogens is 152 g/mol. The van der Waals surface area contributed by atoms with Gasteiger partial charge in [-0.2, -0.15) is 0 Å². The van der Waals surface area contributed by atoms with Crippen LogP contribution in [0.3, 0.4) is 0 Å². The van der Waals surface area contributed by atoms with Crippen molar-refractivity contribution in [2.75, 3.05) is 19.8 Å².